The molecule has 0 atom stereocenters. The van der Waals surface area contributed by atoms with Crippen LogP contribution in [0.3, 0.4) is 0 Å². The molecule has 3 nitrogen and oxygen atoms in total. The Labute approximate surface area is 154 Å². The van der Waals surface area contributed by atoms with Crippen LogP contribution in [0.15, 0.2) is 24.3 Å². The molecule has 4 heteroatoms. The van der Waals surface area contributed by atoms with E-state index in [1.54, 1.807) is 6.07 Å². The number of carbonyl (C=O) groups excluding carboxylic acids is 1. The maximum absolute atomic E-state index is 14.3. The van der Waals surface area contributed by atoms with Crippen LogP contribution in [-0.4, -0.2) is 24.0 Å². The Kier molecular flexibility index (Phi) is 4.98. The molecule has 4 saturated carbocycles. The molecule has 1 aromatic carbocycles. The number of carbonyl (C=O) groups is 1. The number of halogens is 1. The smallest absolute Gasteiger partial charge is 0.181 e. The summed E-state index contributed by atoms with van der Waals surface area (Å²) < 4.78 is 14.3. The Morgan fingerprint density at radius 3 is 2.42 bits per heavy atom. The monoisotopic (exact) mass is 357 g/mol. The number of benzene rings is 1. The van der Waals surface area contributed by atoms with E-state index < -0.39 is 6.61 Å². The van der Waals surface area contributed by atoms with Crippen molar-refractivity contribution >= 4 is 11.9 Å². The minimum Gasteiger partial charge on any atom is -0.388 e. The molecule has 0 saturated heterocycles. The Morgan fingerprint density at radius 2 is 1.85 bits per heavy atom. The predicted octanol–water partition coefficient (Wildman–Crippen LogP) is 3.71. The van der Waals surface area contributed by atoms with E-state index in [2.05, 4.69) is 5.32 Å². The second kappa shape index (κ2) is 7.24. The van der Waals surface area contributed by atoms with E-state index in [9.17, 15) is 9.18 Å². The molecule has 0 amide bonds. The summed E-state index contributed by atoms with van der Waals surface area (Å²) in [5, 5.41) is 12.2. The topological polar surface area (TPSA) is 49.3 Å². The predicted molar refractivity (Wildman–Crippen MR) is 99.8 cm³/mol. The van der Waals surface area contributed by atoms with Crippen LogP contribution in [0, 0.1) is 29.0 Å². The maximum Gasteiger partial charge on any atom is 0.181 e. The fourth-order valence-electron chi connectivity index (χ4n) is 6.02. The van der Waals surface area contributed by atoms with Crippen LogP contribution in [-0.2, 0) is 11.3 Å². The van der Waals surface area contributed by atoms with Gasteiger partial charge in [-0.25, -0.2) is 4.39 Å². The molecule has 140 valence electrons. The lowest BCUT2D eigenvalue weighted by Gasteiger charge is -2.57. The van der Waals surface area contributed by atoms with Crippen LogP contribution in [0.4, 0.5) is 4.39 Å². The Hall–Kier alpha value is -1.52. The van der Waals surface area contributed by atoms with Crippen LogP contribution in [0.5, 0.6) is 0 Å². The van der Waals surface area contributed by atoms with Gasteiger partial charge < -0.3 is 10.4 Å². The number of nitrogens with one attached hydrogen (secondary N) is 1. The molecule has 4 aliphatic rings. The quantitative estimate of drug-likeness (QED) is 0.732. The first-order chi connectivity index (χ1) is 12.5. The van der Waals surface area contributed by atoms with Gasteiger partial charge in [-0.15, -0.1) is 0 Å². The van der Waals surface area contributed by atoms with Gasteiger partial charge in [-0.3, -0.25) is 4.79 Å². The van der Waals surface area contributed by atoms with Crippen LogP contribution in [0.25, 0.3) is 6.08 Å². The van der Waals surface area contributed by atoms with E-state index in [4.69, 9.17) is 5.11 Å². The minimum absolute atomic E-state index is 0.249. The molecule has 2 N–H and O–H groups in total. The first-order valence-corrected chi connectivity index (χ1v) is 9.86. The largest absolute Gasteiger partial charge is 0.388 e. The summed E-state index contributed by atoms with van der Waals surface area (Å²) in [4.78, 5) is 11.1. The molecule has 0 aliphatic heterocycles. The summed E-state index contributed by atoms with van der Waals surface area (Å²) in [6.07, 6.45) is 11.2. The highest BCUT2D eigenvalue weighted by molar-refractivity contribution is 5.94. The van der Waals surface area contributed by atoms with Crippen molar-refractivity contribution in [3.8, 4) is 0 Å². The molecule has 4 bridgehead atoms. The first kappa shape index (κ1) is 17.9. The molecule has 4 fully saturated rings. The molecule has 0 heterocycles. The van der Waals surface area contributed by atoms with Gasteiger partial charge in [0.15, 0.2) is 5.78 Å². The summed E-state index contributed by atoms with van der Waals surface area (Å²) in [6, 6.07) is 5.04. The molecule has 0 spiro atoms. The van der Waals surface area contributed by atoms with Gasteiger partial charge >= 0.3 is 0 Å². The molecular formula is C22H28FNO2. The standard InChI is InChI=1S/C22H28FNO2/c23-21-8-15(2-4-20(26)13-25)1-3-19(21)12-24-14-22-9-16-5-17(10-22)7-18(6-16)11-22/h1-4,8,16-18,24-25H,5-7,9-14H2/b4-2+. The van der Waals surface area contributed by atoms with Crippen molar-refractivity contribution in [1.82, 2.24) is 5.32 Å². The lowest BCUT2D eigenvalue weighted by atomic mass is 9.49. The number of aliphatic hydroxyl groups is 1. The average Bonchev–Trinajstić information content (AvgIpc) is 2.60. The van der Waals surface area contributed by atoms with Gasteiger partial charge in [-0.1, -0.05) is 18.2 Å². The molecule has 4 aliphatic carbocycles. The fourth-order valence-corrected chi connectivity index (χ4v) is 6.02. The number of aliphatic hydroxyl groups excluding tert-OH is 1. The van der Waals surface area contributed by atoms with Gasteiger partial charge in [-0.05, 0) is 79.4 Å². The maximum atomic E-state index is 14.3. The molecule has 5 rings (SSSR count). The first-order valence-electron chi connectivity index (χ1n) is 9.86. The third-order valence-electron chi connectivity index (χ3n) is 6.68. The van der Waals surface area contributed by atoms with Gasteiger partial charge in [-0.2, -0.15) is 0 Å². The average molecular weight is 357 g/mol. The van der Waals surface area contributed by atoms with Gasteiger partial charge in [0, 0.05) is 18.7 Å². The van der Waals surface area contributed by atoms with E-state index in [-0.39, 0.29) is 11.6 Å². The summed E-state index contributed by atoms with van der Waals surface area (Å²) >= 11 is 0. The highest BCUT2D eigenvalue weighted by Gasteiger charge is 2.50. The molecule has 0 radical (unpaired) electrons. The van der Waals surface area contributed by atoms with Crippen molar-refractivity contribution < 1.29 is 14.3 Å². The van der Waals surface area contributed by atoms with Crippen molar-refractivity contribution in [3.05, 3.63) is 41.2 Å². The third kappa shape index (κ3) is 3.77. The highest BCUT2D eigenvalue weighted by Crippen LogP contribution is 2.59. The zero-order valence-electron chi connectivity index (χ0n) is 15.2. The van der Waals surface area contributed by atoms with Crippen LogP contribution in [0.2, 0.25) is 0 Å². The molecule has 0 unspecified atom stereocenters. The third-order valence-corrected chi connectivity index (χ3v) is 6.68. The van der Waals surface area contributed by atoms with Crippen LogP contribution < -0.4 is 5.32 Å². The summed E-state index contributed by atoms with van der Waals surface area (Å²) in [7, 11) is 0. The van der Waals surface area contributed by atoms with E-state index in [0.717, 1.165) is 24.3 Å². The molecule has 1 aromatic rings. The Balaban J connectivity index is 1.34. The minimum atomic E-state index is -0.523. The highest BCUT2D eigenvalue weighted by atomic mass is 19.1. The SMILES string of the molecule is O=C(/C=C/c1ccc(CNCC23CC4CC(CC(C4)C2)C3)c(F)c1)CO. The van der Waals surface area contributed by atoms with Gasteiger partial charge in [0.05, 0.1) is 0 Å². The molecule has 26 heavy (non-hydrogen) atoms. The zero-order valence-corrected chi connectivity index (χ0v) is 15.2. The van der Waals surface area contributed by atoms with E-state index in [1.807, 2.05) is 6.07 Å². The Bertz CT molecular complexity index is 677. The normalized spacial score (nSPS) is 32.5. The van der Waals surface area contributed by atoms with E-state index in [0.29, 0.717) is 23.1 Å². The zero-order chi connectivity index (χ0) is 18.1. The lowest BCUT2D eigenvalue weighted by Crippen LogP contribution is -2.50. The lowest BCUT2D eigenvalue weighted by molar-refractivity contribution is -0.117. The number of hydrogen-bond acceptors (Lipinski definition) is 3. The van der Waals surface area contributed by atoms with Crippen molar-refractivity contribution in [2.24, 2.45) is 23.2 Å². The fraction of sp³-hybridized carbons (Fsp3) is 0.591. The second-order valence-corrected chi connectivity index (χ2v) is 8.83. The van der Waals surface area contributed by atoms with Gasteiger partial charge in [0.2, 0.25) is 0 Å². The Morgan fingerprint density at radius 1 is 1.19 bits per heavy atom. The van der Waals surface area contributed by atoms with Crippen molar-refractivity contribution in [1.29, 1.82) is 0 Å². The van der Waals surface area contributed by atoms with Crippen molar-refractivity contribution in [2.45, 2.75) is 45.1 Å². The second-order valence-electron chi connectivity index (χ2n) is 8.83. The summed E-state index contributed by atoms with van der Waals surface area (Å²) in [5.74, 6) is 2.18. The van der Waals surface area contributed by atoms with Crippen LogP contribution >= 0.6 is 0 Å². The van der Waals surface area contributed by atoms with Gasteiger partial charge in [0.25, 0.3) is 0 Å². The van der Waals surface area contributed by atoms with E-state index >= 15 is 0 Å². The number of hydrogen-bond donors (Lipinski definition) is 2. The number of rotatable bonds is 7. The summed E-state index contributed by atoms with van der Waals surface area (Å²) in [6.45, 7) is 1.03. The van der Waals surface area contributed by atoms with E-state index in [1.165, 1.54) is 56.7 Å². The summed E-state index contributed by atoms with van der Waals surface area (Å²) in [5.41, 5.74) is 1.76. The van der Waals surface area contributed by atoms with Crippen molar-refractivity contribution in [2.75, 3.05) is 13.2 Å². The van der Waals surface area contributed by atoms with Gasteiger partial charge in [0.1, 0.15) is 12.4 Å². The van der Waals surface area contributed by atoms with Crippen molar-refractivity contribution in [3.63, 3.8) is 0 Å². The van der Waals surface area contributed by atoms with Crippen LogP contribution in [0.1, 0.15) is 49.7 Å². The number of ketones is 1. The molecular weight excluding hydrogens is 329 g/mol. The molecule has 0 aromatic heterocycles.